The van der Waals surface area contributed by atoms with Crippen LogP contribution in [-0.4, -0.2) is 9.78 Å². The maximum absolute atomic E-state index is 5.91. The van der Waals surface area contributed by atoms with Gasteiger partial charge in [0.2, 0.25) is 0 Å². The second kappa shape index (κ2) is 4.36. The van der Waals surface area contributed by atoms with Gasteiger partial charge in [0.15, 0.2) is 0 Å². The van der Waals surface area contributed by atoms with E-state index >= 15 is 0 Å². The first kappa shape index (κ1) is 10.9. The molecule has 0 amide bonds. The van der Waals surface area contributed by atoms with Gasteiger partial charge in [0, 0.05) is 18.1 Å². The third-order valence-corrected chi connectivity index (χ3v) is 2.68. The van der Waals surface area contributed by atoms with Gasteiger partial charge < -0.3 is 0 Å². The quantitative estimate of drug-likeness (QED) is 0.725. The molecule has 1 aromatic heterocycles. The normalized spacial score (nSPS) is 12.2. The van der Waals surface area contributed by atoms with Crippen LogP contribution in [0.1, 0.15) is 17.0 Å². The second-order valence-corrected chi connectivity index (χ2v) is 3.51. The Morgan fingerprint density at radius 3 is 2.69 bits per heavy atom. The minimum atomic E-state index is 0.369. The fraction of sp³-hybridized carbons (Fsp3) is 0.375. The Kier molecular flexibility index (Phi) is 3.65. The molecule has 5 heteroatoms. The molecule has 0 N–H and O–H groups in total. The van der Waals surface area contributed by atoms with Crippen LogP contribution in [-0.2, 0) is 12.9 Å². The lowest BCUT2D eigenvalue weighted by atomic mass is 10.2. The molecule has 0 spiro atoms. The van der Waals surface area contributed by atoms with Crippen molar-refractivity contribution in [3.05, 3.63) is 22.5 Å². The molecule has 0 aliphatic rings. The molecule has 0 aromatic carbocycles. The molecule has 0 saturated carbocycles. The zero-order chi connectivity index (χ0) is 10.0. The van der Waals surface area contributed by atoms with Gasteiger partial charge in [-0.3, -0.25) is 4.68 Å². The number of rotatable bonds is 2. The summed E-state index contributed by atoms with van der Waals surface area (Å²) in [6, 6.07) is 0. The Labute approximate surface area is 92.1 Å². The number of hydrogen-bond donors (Lipinski definition) is 0. The van der Waals surface area contributed by atoms with Crippen LogP contribution < -0.4 is 0 Å². The maximum atomic E-state index is 5.91. The number of halogens is 3. The van der Waals surface area contributed by atoms with Gasteiger partial charge in [-0.25, -0.2) is 0 Å². The largest absolute Gasteiger partial charge is 0.270 e. The molecule has 2 nitrogen and oxygen atoms in total. The van der Waals surface area contributed by atoms with E-state index in [-0.39, 0.29) is 0 Å². The minimum Gasteiger partial charge on any atom is -0.270 e. The zero-order valence-corrected chi connectivity index (χ0v) is 9.58. The van der Waals surface area contributed by atoms with Crippen molar-refractivity contribution >= 4 is 39.8 Å². The maximum Gasteiger partial charge on any atom is 0.0684 e. The zero-order valence-electron chi connectivity index (χ0n) is 7.31. The predicted molar refractivity (Wildman–Crippen MR) is 57.2 cm³/mol. The lowest BCUT2D eigenvalue weighted by Gasteiger charge is -2.00. The SMILES string of the molecule is Cc1nn(C)c(CCl)c1/C(Cl)=C/Cl. The van der Waals surface area contributed by atoms with Gasteiger partial charge in [-0.05, 0) is 6.92 Å². The van der Waals surface area contributed by atoms with Crippen molar-refractivity contribution in [2.24, 2.45) is 7.05 Å². The number of aryl methyl sites for hydroxylation is 2. The van der Waals surface area contributed by atoms with Crippen LogP contribution in [0.2, 0.25) is 0 Å². The summed E-state index contributed by atoms with van der Waals surface area (Å²) >= 11 is 17.2. The molecule has 1 heterocycles. The lowest BCUT2D eigenvalue weighted by Crippen LogP contribution is -1.96. The molecule has 1 rings (SSSR count). The Morgan fingerprint density at radius 2 is 2.23 bits per heavy atom. The minimum absolute atomic E-state index is 0.369. The molecule has 0 unspecified atom stereocenters. The van der Waals surface area contributed by atoms with Gasteiger partial charge in [-0.1, -0.05) is 23.2 Å². The van der Waals surface area contributed by atoms with Crippen LogP contribution in [0.15, 0.2) is 5.54 Å². The van der Waals surface area contributed by atoms with Crippen LogP contribution in [0.3, 0.4) is 0 Å². The van der Waals surface area contributed by atoms with Crippen LogP contribution in [0.5, 0.6) is 0 Å². The number of aromatic nitrogens is 2. The van der Waals surface area contributed by atoms with Crippen molar-refractivity contribution in [3.63, 3.8) is 0 Å². The summed E-state index contributed by atoms with van der Waals surface area (Å²) < 4.78 is 1.71. The van der Waals surface area contributed by atoms with E-state index in [0.29, 0.717) is 10.9 Å². The van der Waals surface area contributed by atoms with E-state index in [0.717, 1.165) is 17.0 Å². The lowest BCUT2D eigenvalue weighted by molar-refractivity contribution is 0.726. The highest BCUT2D eigenvalue weighted by Gasteiger charge is 2.14. The molecular weight excluding hydrogens is 230 g/mol. The predicted octanol–water partition coefficient (Wildman–Crippen LogP) is 3.24. The molecule has 0 aliphatic carbocycles. The number of hydrogen-bond acceptors (Lipinski definition) is 1. The standard InChI is InChI=1S/C8H9Cl3N2/c1-5-8(6(11)3-9)7(4-10)13(2)12-5/h3H,4H2,1-2H3/b6-3-. The Balaban J connectivity index is 3.33. The Bertz CT molecular complexity index is 341. The monoisotopic (exact) mass is 238 g/mol. The molecule has 0 atom stereocenters. The third-order valence-electron chi connectivity index (χ3n) is 1.80. The van der Waals surface area contributed by atoms with Gasteiger partial charge in [-0.15, -0.1) is 11.6 Å². The van der Waals surface area contributed by atoms with Crippen molar-refractivity contribution < 1.29 is 0 Å². The average molecular weight is 240 g/mol. The smallest absolute Gasteiger partial charge is 0.0684 e. The summed E-state index contributed by atoms with van der Waals surface area (Å²) in [7, 11) is 1.83. The average Bonchev–Trinajstić information content (AvgIpc) is 2.39. The van der Waals surface area contributed by atoms with E-state index in [1.807, 2.05) is 14.0 Å². The van der Waals surface area contributed by atoms with Crippen molar-refractivity contribution in [2.45, 2.75) is 12.8 Å². The summed E-state index contributed by atoms with van der Waals surface area (Å²) in [6.07, 6.45) is 0. The van der Waals surface area contributed by atoms with Gasteiger partial charge in [0.05, 0.1) is 22.3 Å². The highest BCUT2D eigenvalue weighted by atomic mass is 35.5. The third kappa shape index (κ3) is 2.01. The van der Waals surface area contributed by atoms with Crippen LogP contribution in [0.4, 0.5) is 0 Å². The molecule has 0 aliphatic heterocycles. The molecule has 72 valence electrons. The summed E-state index contributed by atoms with van der Waals surface area (Å²) in [5, 5.41) is 4.67. The van der Waals surface area contributed by atoms with Gasteiger partial charge in [-0.2, -0.15) is 5.10 Å². The highest BCUT2D eigenvalue weighted by molar-refractivity contribution is 6.53. The Morgan fingerprint density at radius 1 is 1.62 bits per heavy atom. The molecule has 0 radical (unpaired) electrons. The molecule has 0 fully saturated rings. The van der Waals surface area contributed by atoms with Crippen LogP contribution in [0.25, 0.3) is 5.03 Å². The first-order valence-electron chi connectivity index (χ1n) is 3.66. The van der Waals surface area contributed by atoms with E-state index in [1.54, 1.807) is 4.68 Å². The summed E-state index contributed by atoms with van der Waals surface area (Å²) in [5.74, 6) is 0.369. The summed E-state index contributed by atoms with van der Waals surface area (Å²) in [6.45, 7) is 1.87. The van der Waals surface area contributed by atoms with Crippen LogP contribution in [0, 0.1) is 6.92 Å². The van der Waals surface area contributed by atoms with Gasteiger partial charge >= 0.3 is 0 Å². The molecule has 0 saturated heterocycles. The van der Waals surface area contributed by atoms with E-state index in [2.05, 4.69) is 5.10 Å². The van der Waals surface area contributed by atoms with E-state index in [4.69, 9.17) is 34.8 Å². The highest BCUT2D eigenvalue weighted by Crippen LogP contribution is 2.27. The molecular formula is C8H9Cl3N2. The van der Waals surface area contributed by atoms with Crippen molar-refractivity contribution in [2.75, 3.05) is 0 Å². The van der Waals surface area contributed by atoms with Crippen molar-refractivity contribution in [1.82, 2.24) is 9.78 Å². The van der Waals surface area contributed by atoms with Crippen LogP contribution >= 0.6 is 34.8 Å². The Hall–Kier alpha value is -0.180. The topological polar surface area (TPSA) is 17.8 Å². The van der Waals surface area contributed by atoms with E-state index < -0.39 is 0 Å². The van der Waals surface area contributed by atoms with Crippen molar-refractivity contribution in [1.29, 1.82) is 0 Å². The fourth-order valence-corrected chi connectivity index (χ4v) is 1.89. The molecule has 13 heavy (non-hydrogen) atoms. The van der Waals surface area contributed by atoms with Gasteiger partial charge in [0.25, 0.3) is 0 Å². The molecule has 1 aromatic rings. The van der Waals surface area contributed by atoms with E-state index in [9.17, 15) is 0 Å². The first-order chi connectivity index (χ1) is 6.11. The van der Waals surface area contributed by atoms with Crippen molar-refractivity contribution in [3.8, 4) is 0 Å². The first-order valence-corrected chi connectivity index (χ1v) is 5.01. The van der Waals surface area contributed by atoms with Gasteiger partial charge in [0.1, 0.15) is 0 Å². The molecule has 0 bridgehead atoms. The van der Waals surface area contributed by atoms with E-state index in [1.165, 1.54) is 5.54 Å². The summed E-state index contributed by atoms with van der Waals surface area (Å²) in [4.78, 5) is 0. The number of alkyl halides is 1. The fourth-order valence-electron chi connectivity index (χ4n) is 1.22. The summed E-state index contributed by atoms with van der Waals surface area (Å²) in [5.41, 5.74) is 3.86. The second-order valence-electron chi connectivity index (χ2n) is 2.62. The number of nitrogens with zero attached hydrogens (tertiary/aromatic N) is 2.